The highest BCUT2D eigenvalue weighted by atomic mass is 15.3. The summed E-state index contributed by atoms with van der Waals surface area (Å²) < 4.78 is 0. The molecule has 0 aliphatic carbocycles. The number of likely N-dealkylation sites (tertiary alicyclic amines) is 1. The van der Waals surface area contributed by atoms with E-state index in [1.165, 1.54) is 51.7 Å². The molecule has 3 heteroatoms. The Hall–Kier alpha value is -0.120. The predicted octanol–water partition coefficient (Wildman–Crippen LogP) is 1.54. The van der Waals surface area contributed by atoms with Crippen molar-refractivity contribution in [2.24, 2.45) is 0 Å². The third-order valence-electron chi connectivity index (χ3n) is 4.84. The van der Waals surface area contributed by atoms with Crippen molar-refractivity contribution in [1.82, 2.24) is 15.1 Å². The summed E-state index contributed by atoms with van der Waals surface area (Å²) in [6, 6.07) is 2.38. The van der Waals surface area contributed by atoms with E-state index in [1.54, 1.807) is 0 Å². The van der Waals surface area contributed by atoms with Crippen LogP contribution in [0.5, 0.6) is 0 Å². The molecule has 2 saturated heterocycles. The fourth-order valence-electron chi connectivity index (χ4n) is 3.35. The number of nitrogens with zero attached hydrogens (tertiary/aromatic N) is 2. The second-order valence-electron chi connectivity index (χ2n) is 5.97. The molecule has 3 unspecified atom stereocenters. The van der Waals surface area contributed by atoms with Gasteiger partial charge in [-0.2, -0.15) is 0 Å². The summed E-state index contributed by atoms with van der Waals surface area (Å²) in [6.07, 6.45) is 6.88. The van der Waals surface area contributed by atoms with E-state index in [1.807, 2.05) is 0 Å². The van der Waals surface area contributed by atoms with E-state index < -0.39 is 0 Å². The minimum Gasteiger partial charge on any atom is -0.317 e. The molecule has 2 bridgehead atoms. The maximum atomic E-state index is 3.32. The Morgan fingerprint density at radius 2 is 2.00 bits per heavy atom. The highest BCUT2D eigenvalue weighted by molar-refractivity contribution is 4.90. The molecule has 0 radical (unpaired) electrons. The Kier molecular flexibility index (Phi) is 4.83. The molecule has 2 aliphatic rings. The lowest BCUT2D eigenvalue weighted by atomic mass is 10.1. The van der Waals surface area contributed by atoms with Gasteiger partial charge in [0.25, 0.3) is 0 Å². The molecule has 3 atom stereocenters. The van der Waals surface area contributed by atoms with Gasteiger partial charge in [-0.1, -0.05) is 0 Å². The van der Waals surface area contributed by atoms with Gasteiger partial charge < -0.3 is 10.2 Å². The van der Waals surface area contributed by atoms with Gasteiger partial charge in [0.15, 0.2) is 0 Å². The molecule has 0 amide bonds. The summed E-state index contributed by atoms with van der Waals surface area (Å²) >= 11 is 0. The van der Waals surface area contributed by atoms with Crippen LogP contribution >= 0.6 is 0 Å². The van der Waals surface area contributed by atoms with Crippen molar-refractivity contribution < 1.29 is 0 Å². The topological polar surface area (TPSA) is 18.5 Å². The molecule has 2 rings (SSSR count). The van der Waals surface area contributed by atoms with Crippen molar-refractivity contribution in [2.45, 2.75) is 57.2 Å². The number of hydrogen-bond donors (Lipinski definition) is 1. The minimum absolute atomic E-state index is 0.668. The first-order valence-electron chi connectivity index (χ1n) is 7.32. The van der Waals surface area contributed by atoms with Crippen LogP contribution in [0.4, 0.5) is 0 Å². The zero-order chi connectivity index (χ0) is 12.3. The van der Waals surface area contributed by atoms with Crippen molar-refractivity contribution >= 4 is 0 Å². The van der Waals surface area contributed by atoms with E-state index >= 15 is 0 Å². The largest absolute Gasteiger partial charge is 0.317 e. The van der Waals surface area contributed by atoms with Crippen molar-refractivity contribution in [3.63, 3.8) is 0 Å². The highest BCUT2D eigenvalue weighted by Crippen LogP contribution is 2.28. The van der Waals surface area contributed by atoms with Gasteiger partial charge in [-0.3, -0.25) is 4.90 Å². The fourth-order valence-corrected chi connectivity index (χ4v) is 3.35. The van der Waals surface area contributed by atoms with Crippen molar-refractivity contribution in [3.05, 3.63) is 0 Å². The quantitative estimate of drug-likeness (QED) is 0.785. The van der Waals surface area contributed by atoms with E-state index in [-0.39, 0.29) is 0 Å². The Morgan fingerprint density at radius 1 is 1.24 bits per heavy atom. The number of nitrogens with one attached hydrogen (secondary N) is 1. The van der Waals surface area contributed by atoms with Gasteiger partial charge in [-0.05, 0) is 66.2 Å². The molecule has 100 valence electrons. The first kappa shape index (κ1) is 13.3. The van der Waals surface area contributed by atoms with Gasteiger partial charge in [0.05, 0.1) is 0 Å². The molecular weight excluding hydrogens is 210 g/mol. The predicted molar refractivity (Wildman–Crippen MR) is 73.4 cm³/mol. The van der Waals surface area contributed by atoms with E-state index in [2.05, 4.69) is 36.1 Å². The molecular formula is C14H29N3. The molecule has 17 heavy (non-hydrogen) atoms. The smallest absolute Gasteiger partial charge is 0.0223 e. The molecule has 0 aromatic heterocycles. The van der Waals surface area contributed by atoms with Crippen LogP contribution in [0.2, 0.25) is 0 Å². The van der Waals surface area contributed by atoms with Gasteiger partial charge in [-0.25, -0.2) is 0 Å². The van der Waals surface area contributed by atoms with Gasteiger partial charge >= 0.3 is 0 Å². The van der Waals surface area contributed by atoms with Crippen LogP contribution in [0.3, 0.4) is 0 Å². The Morgan fingerprint density at radius 3 is 2.76 bits per heavy atom. The lowest BCUT2D eigenvalue weighted by Crippen LogP contribution is -2.37. The number of likely N-dealkylation sites (N-methyl/N-ethyl adjacent to an activating group) is 1. The zero-order valence-corrected chi connectivity index (χ0v) is 11.8. The van der Waals surface area contributed by atoms with E-state index in [0.717, 1.165) is 12.1 Å². The fraction of sp³-hybridized carbons (Fsp3) is 1.00. The SMILES string of the molecule is CNC(C)CCCN1CCC2CCC(C1)N2C. The van der Waals surface area contributed by atoms with Crippen LogP contribution in [0.1, 0.15) is 39.0 Å². The monoisotopic (exact) mass is 239 g/mol. The van der Waals surface area contributed by atoms with Gasteiger partial charge in [0.2, 0.25) is 0 Å². The van der Waals surface area contributed by atoms with Gasteiger partial charge in [-0.15, -0.1) is 0 Å². The number of fused-ring (bicyclic) bond motifs is 2. The average molecular weight is 239 g/mol. The van der Waals surface area contributed by atoms with Crippen LogP contribution in [0.25, 0.3) is 0 Å². The number of rotatable bonds is 5. The third-order valence-corrected chi connectivity index (χ3v) is 4.84. The molecule has 0 saturated carbocycles. The summed E-state index contributed by atoms with van der Waals surface area (Å²) in [5, 5.41) is 3.32. The van der Waals surface area contributed by atoms with E-state index in [9.17, 15) is 0 Å². The Labute approximate surface area is 107 Å². The Balaban J connectivity index is 1.72. The highest BCUT2D eigenvalue weighted by Gasteiger charge is 2.34. The molecule has 2 fully saturated rings. The molecule has 2 aliphatic heterocycles. The first-order chi connectivity index (χ1) is 8.20. The molecule has 3 nitrogen and oxygen atoms in total. The van der Waals surface area contributed by atoms with Crippen molar-refractivity contribution in [1.29, 1.82) is 0 Å². The summed E-state index contributed by atoms with van der Waals surface area (Å²) in [6.45, 7) is 6.20. The van der Waals surface area contributed by atoms with Crippen molar-refractivity contribution in [2.75, 3.05) is 33.7 Å². The summed E-state index contributed by atoms with van der Waals surface area (Å²) in [5.74, 6) is 0. The van der Waals surface area contributed by atoms with Crippen LogP contribution in [0, 0.1) is 0 Å². The molecule has 0 aromatic rings. The van der Waals surface area contributed by atoms with Crippen LogP contribution in [0.15, 0.2) is 0 Å². The lowest BCUT2D eigenvalue weighted by molar-refractivity contribution is 0.215. The minimum atomic E-state index is 0.668. The molecule has 0 spiro atoms. The maximum Gasteiger partial charge on any atom is 0.0223 e. The summed E-state index contributed by atoms with van der Waals surface area (Å²) in [7, 11) is 4.39. The van der Waals surface area contributed by atoms with E-state index in [4.69, 9.17) is 0 Å². The average Bonchev–Trinajstić information content (AvgIpc) is 2.56. The maximum absolute atomic E-state index is 3.32. The van der Waals surface area contributed by atoms with Gasteiger partial charge in [0.1, 0.15) is 0 Å². The normalized spacial score (nSPS) is 32.6. The molecule has 0 aromatic carbocycles. The van der Waals surface area contributed by atoms with Crippen LogP contribution < -0.4 is 5.32 Å². The van der Waals surface area contributed by atoms with E-state index in [0.29, 0.717) is 6.04 Å². The van der Waals surface area contributed by atoms with Crippen LogP contribution in [-0.4, -0.2) is 61.7 Å². The first-order valence-corrected chi connectivity index (χ1v) is 7.32. The summed E-state index contributed by atoms with van der Waals surface area (Å²) in [5.41, 5.74) is 0. The van der Waals surface area contributed by atoms with Gasteiger partial charge in [0, 0.05) is 24.7 Å². The van der Waals surface area contributed by atoms with Crippen molar-refractivity contribution in [3.8, 4) is 0 Å². The third kappa shape index (κ3) is 3.43. The Bertz CT molecular complexity index is 232. The standard InChI is InChI=1S/C14H29N3/c1-12(15-2)5-4-9-17-10-8-13-6-7-14(11-17)16(13)3/h12-15H,4-11H2,1-3H3. The second-order valence-corrected chi connectivity index (χ2v) is 5.97. The second kappa shape index (κ2) is 6.17. The number of hydrogen-bond acceptors (Lipinski definition) is 3. The zero-order valence-electron chi connectivity index (χ0n) is 11.8. The van der Waals surface area contributed by atoms with Crippen LogP contribution in [-0.2, 0) is 0 Å². The lowest BCUT2D eigenvalue weighted by Gasteiger charge is -2.26. The summed E-state index contributed by atoms with van der Waals surface area (Å²) in [4.78, 5) is 5.33. The molecule has 1 N–H and O–H groups in total. The molecule has 2 heterocycles.